The molecule has 3 unspecified atom stereocenters. The van der Waals surface area contributed by atoms with Crippen molar-refractivity contribution in [3.05, 3.63) is 85.1 Å². The van der Waals surface area contributed by atoms with Gasteiger partial charge in [0, 0.05) is 6.42 Å². The van der Waals surface area contributed by atoms with Gasteiger partial charge in [-0.3, -0.25) is 9.36 Å². The fourth-order valence-corrected chi connectivity index (χ4v) is 9.67. The van der Waals surface area contributed by atoms with Crippen LogP contribution < -0.4 is 10.2 Å². The first-order chi connectivity index (χ1) is 36.5. The van der Waals surface area contributed by atoms with E-state index >= 15 is 0 Å². The Hall–Kier alpha value is -2.32. The molecule has 3 atom stereocenters. The maximum Gasteiger partial charge on any atom is 0.268 e. The minimum Gasteiger partial charge on any atom is -0.756 e. The number of hydrogen-bond acceptors (Lipinski definition) is 6. The third-order valence-electron chi connectivity index (χ3n) is 13.8. The Morgan fingerprint density at radius 1 is 0.480 bits per heavy atom. The van der Waals surface area contributed by atoms with Gasteiger partial charge < -0.3 is 28.8 Å². The van der Waals surface area contributed by atoms with E-state index in [1.807, 2.05) is 27.2 Å². The SMILES string of the molecule is CC/C=C\C/C=C\C/C=C\C/C=C\CCCCCCCCCCCCCCCCCCCCCCCCCCC(=O)NC(COP(=O)([O-])OCC[N+](C)(C)C)C(O)/C=C/CC/C=C/CC/C=C/CCCCCCCC. The number of nitrogens with zero attached hydrogens (tertiary/aromatic N) is 1. The fraction of sp³-hybridized carbons (Fsp3) is 0.773. The summed E-state index contributed by atoms with van der Waals surface area (Å²) in [5, 5.41) is 13.9. The average Bonchev–Trinajstić information content (AvgIpc) is 3.37. The highest BCUT2D eigenvalue weighted by atomic mass is 31.2. The number of nitrogens with one attached hydrogen (secondary N) is 1. The summed E-state index contributed by atoms with van der Waals surface area (Å²) in [5.74, 6) is -0.209. The van der Waals surface area contributed by atoms with Crippen LogP contribution in [0.15, 0.2) is 85.1 Å². The summed E-state index contributed by atoms with van der Waals surface area (Å²) in [5.41, 5.74) is 0. The first kappa shape index (κ1) is 72.7. The molecule has 9 heteroatoms. The van der Waals surface area contributed by atoms with Gasteiger partial charge in [-0.25, -0.2) is 0 Å². The van der Waals surface area contributed by atoms with Gasteiger partial charge in [-0.05, 0) is 83.5 Å². The van der Waals surface area contributed by atoms with Gasteiger partial charge >= 0.3 is 0 Å². The summed E-state index contributed by atoms with van der Waals surface area (Å²) < 4.78 is 23.3. The van der Waals surface area contributed by atoms with E-state index in [-0.39, 0.29) is 12.5 Å². The Balaban J connectivity index is 4.00. The minimum atomic E-state index is -4.61. The third-order valence-corrected chi connectivity index (χ3v) is 14.8. The van der Waals surface area contributed by atoms with Crippen molar-refractivity contribution >= 4 is 13.7 Å². The predicted molar refractivity (Wildman–Crippen MR) is 325 cm³/mol. The van der Waals surface area contributed by atoms with Crippen LogP contribution in [0.25, 0.3) is 0 Å². The standard InChI is InChI=1S/C66H121N2O6P/c1-6-8-10-12-14-16-18-20-22-24-25-26-27-28-29-30-31-32-33-34-35-36-37-38-39-40-41-42-43-44-46-48-50-52-54-56-58-60-66(70)67-64(63-74-75(71,72)73-62-61-68(3,4)5)65(69)59-57-55-53-51-49-47-45-23-21-19-17-15-13-11-9-7-2/h8,10,14,16,20-23,25-26,49,51,57,59,64-65,69H,6-7,9,11-13,15,17-19,24,27-48,50,52-56,58,60-63H2,1-5H3,(H-,67,70,71,72)/b10-8-,16-14-,22-20-,23-21+,26-25-,51-49+,59-57+. The molecular formula is C66H121N2O6P. The summed E-state index contributed by atoms with van der Waals surface area (Å²) in [6, 6.07) is -0.911. The van der Waals surface area contributed by atoms with Crippen molar-refractivity contribution < 1.29 is 32.9 Å². The number of likely N-dealkylation sites (N-methyl/N-ethyl adjacent to an activating group) is 1. The van der Waals surface area contributed by atoms with Crippen LogP contribution in [-0.4, -0.2) is 68.5 Å². The number of amides is 1. The highest BCUT2D eigenvalue weighted by Crippen LogP contribution is 2.38. The van der Waals surface area contributed by atoms with Crippen LogP contribution >= 0.6 is 7.82 Å². The van der Waals surface area contributed by atoms with Gasteiger partial charge in [-0.1, -0.05) is 272 Å². The van der Waals surface area contributed by atoms with Crippen LogP contribution in [0, 0.1) is 0 Å². The molecule has 0 aromatic carbocycles. The first-order valence-corrected chi connectivity index (χ1v) is 32.9. The largest absolute Gasteiger partial charge is 0.756 e. The lowest BCUT2D eigenvalue weighted by Gasteiger charge is -2.29. The van der Waals surface area contributed by atoms with Crippen LogP contribution in [-0.2, 0) is 18.4 Å². The highest BCUT2D eigenvalue weighted by Gasteiger charge is 2.23. The van der Waals surface area contributed by atoms with Crippen molar-refractivity contribution in [2.24, 2.45) is 0 Å². The molecule has 2 N–H and O–H groups in total. The summed E-state index contributed by atoms with van der Waals surface area (Å²) in [7, 11) is 1.24. The predicted octanol–water partition coefficient (Wildman–Crippen LogP) is 19.0. The van der Waals surface area contributed by atoms with Gasteiger partial charge in [0.1, 0.15) is 13.2 Å². The van der Waals surface area contributed by atoms with Gasteiger partial charge in [0.05, 0.1) is 39.9 Å². The molecule has 0 aromatic heterocycles. The zero-order chi connectivity index (χ0) is 54.9. The third kappa shape index (κ3) is 59.2. The molecule has 1 amide bonds. The van der Waals surface area contributed by atoms with E-state index in [0.717, 1.165) is 70.6 Å². The molecule has 75 heavy (non-hydrogen) atoms. The smallest absolute Gasteiger partial charge is 0.268 e. The van der Waals surface area contributed by atoms with Gasteiger partial charge in [0.2, 0.25) is 5.91 Å². The molecule has 0 radical (unpaired) electrons. The number of unbranched alkanes of at least 4 members (excludes halogenated alkanes) is 32. The maximum absolute atomic E-state index is 13.0. The molecule has 0 aliphatic rings. The van der Waals surface area contributed by atoms with E-state index < -0.39 is 26.6 Å². The summed E-state index contributed by atoms with van der Waals surface area (Å²) in [4.78, 5) is 25.5. The second-order valence-corrected chi connectivity index (χ2v) is 23.8. The Labute approximate surface area is 465 Å². The zero-order valence-corrected chi connectivity index (χ0v) is 50.6. The second-order valence-electron chi connectivity index (χ2n) is 22.4. The molecule has 0 bridgehead atoms. The number of allylic oxidation sites excluding steroid dienone is 13. The molecule has 0 saturated heterocycles. The topological polar surface area (TPSA) is 108 Å². The molecule has 0 fully saturated rings. The number of rotatable bonds is 57. The minimum absolute atomic E-state index is 0.00997. The lowest BCUT2D eigenvalue weighted by molar-refractivity contribution is -0.870. The van der Waals surface area contributed by atoms with E-state index in [2.05, 4.69) is 92.1 Å². The van der Waals surface area contributed by atoms with Gasteiger partial charge in [0.15, 0.2) is 0 Å². The van der Waals surface area contributed by atoms with Crippen molar-refractivity contribution in [1.82, 2.24) is 5.32 Å². The molecule has 8 nitrogen and oxygen atoms in total. The van der Waals surface area contributed by atoms with Crippen molar-refractivity contribution in [3.8, 4) is 0 Å². The quantitative estimate of drug-likeness (QED) is 0.0272. The fourth-order valence-electron chi connectivity index (χ4n) is 8.94. The first-order valence-electron chi connectivity index (χ1n) is 31.4. The normalized spacial score (nSPS) is 14.4. The number of phosphoric ester groups is 1. The molecule has 0 rings (SSSR count). The van der Waals surface area contributed by atoms with Crippen LogP contribution in [0.5, 0.6) is 0 Å². The van der Waals surface area contributed by atoms with Gasteiger partial charge in [0.25, 0.3) is 7.82 Å². The van der Waals surface area contributed by atoms with Crippen molar-refractivity contribution in [1.29, 1.82) is 0 Å². The van der Waals surface area contributed by atoms with Crippen LogP contribution in [0.3, 0.4) is 0 Å². The van der Waals surface area contributed by atoms with E-state index in [1.165, 1.54) is 186 Å². The molecule has 0 heterocycles. The number of carbonyl (C=O) groups excluding carboxylic acids is 1. The number of aliphatic hydroxyl groups is 1. The van der Waals surface area contributed by atoms with E-state index in [0.29, 0.717) is 17.4 Å². The van der Waals surface area contributed by atoms with Crippen LogP contribution in [0.4, 0.5) is 0 Å². The van der Waals surface area contributed by atoms with Crippen LogP contribution in [0.1, 0.15) is 277 Å². The lowest BCUT2D eigenvalue weighted by atomic mass is 10.0. The lowest BCUT2D eigenvalue weighted by Crippen LogP contribution is -2.45. The van der Waals surface area contributed by atoms with Crippen molar-refractivity contribution in [2.75, 3.05) is 40.9 Å². The van der Waals surface area contributed by atoms with E-state index in [9.17, 15) is 19.4 Å². The molecule has 0 saturated carbocycles. The Bertz CT molecular complexity index is 1500. The van der Waals surface area contributed by atoms with E-state index in [1.54, 1.807) is 6.08 Å². The summed E-state index contributed by atoms with van der Waals surface area (Å²) in [6.45, 7) is 4.51. The highest BCUT2D eigenvalue weighted by molar-refractivity contribution is 7.45. The number of aliphatic hydroxyl groups excluding tert-OH is 1. The molecule has 0 aliphatic heterocycles. The van der Waals surface area contributed by atoms with Crippen LogP contribution in [0.2, 0.25) is 0 Å². The Morgan fingerprint density at radius 3 is 1.24 bits per heavy atom. The monoisotopic (exact) mass is 1070 g/mol. The van der Waals surface area contributed by atoms with Gasteiger partial charge in [-0.2, -0.15) is 0 Å². The summed E-state index contributed by atoms with van der Waals surface area (Å²) in [6.07, 6.45) is 79.8. The zero-order valence-electron chi connectivity index (χ0n) is 49.7. The van der Waals surface area contributed by atoms with Crippen molar-refractivity contribution in [3.63, 3.8) is 0 Å². The van der Waals surface area contributed by atoms with E-state index in [4.69, 9.17) is 9.05 Å². The Kier molecular flexibility index (Phi) is 54.7. The number of hydrogen-bond donors (Lipinski definition) is 2. The Morgan fingerprint density at radius 2 is 0.827 bits per heavy atom. The molecule has 436 valence electrons. The number of phosphoric acid groups is 1. The average molecular weight is 1070 g/mol. The molecule has 0 aliphatic carbocycles. The second kappa shape index (κ2) is 56.4. The van der Waals surface area contributed by atoms with Crippen molar-refractivity contribution in [2.45, 2.75) is 289 Å². The number of quaternary nitrogens is 1. The molecule has 0 aromatic rings. The molecule has 0 spiro atoms. The van der Waals surface area contributed by atoms with Gasteiger partial charge in [-0.15, -0.1) is 0 Å². The number of carbonyl (C=O) groups is 1. The maximum atomic E-state index is 13.0. The molecular weight excluding hydrogens is 948 g/mol. The summed E-state index contributed by atoms with van der Waals surface area (Å²) >= 11 is 0.